The summed E-state index contributed by atoms with van der Waals surface area (Å²) in [4.78, 5) is 12.2. The van der Waals surface area contributed by atoms with E-state index in [1.165, 1.54) is 0 Å². The van der Waals surface area contributed by atoms with Gasteiger partial charge in [0.15, 0.2) is 9.84 Å². The van der Waals surface area contributed by atoms with Gasteiger partial charge in [0.1, 0.15) is 12.3 Å². The fourth-order valence-electron chi connectivity index (χ4n) is 3.37. The summed E-state index contributed by atoms with van der Waals surface area (Å²) >= 11 is 0. The molecule has 25 heavy (non-hydrogen) atoms. The quantitative estimate of drug-likeness (QED) is 0.747. The molecule has 0 heterocycles. The minimum absolute atomic E-state index is 0.00364. The zero-order valence-electron chi connectivity index (χ0n) is 14.4. The maximum Gasteiger partial charge on any atom is 0.224 e. The van der Waals surface area contributed by atoms with Crippen LogP contribution < -0.4 is 10.1 Å². The lowest BCUT2D eigenvalue weighted by Crippen LogP contribution is -2.39. The van der Waals surface area contributed by atoms with Crippen molar-refractivity contribution in [1.29, 1.82) is 5.26 Å². The number of ether oxygens (including phenoxy) is 1. The fraction of sp³-hybridized carbons (Fsp3) is 0.556. The van der Waals surface area contributed by atoms with Crippen molar-refractivity contribution in [2.24, 2.45) is 11.8 Å². The molecule has 0 bridgehead atoms. The number of methoxy groups -OCH3 is 1. The second kappa shape index (κ2) is 8.86. The Hall–Kier alpha value is -2.07. The summed E-state index contributed by atoms with van der Waals surface area (Å²) in [5, 5.41) is 11.2. The molecule has 0 spiro atoms. The summed E-state index contributed by atoms with van der Waals surface area (Å²) in [6, 6.07) is 8.85. The van der Waals surface area contributed by atoms with E-state index in [9.17, 15) is 13.2 Å². The Bertz CT molecular complexity index is 722. The predicted octanol–water partition coefficient (Wildman–Crippen LogP) is 2.06. The van der Waals surface area contributed by atoms with E-state index in [1.807, 2.05) is 6.07 Å². The molecule has 1 N–H and O–H groups in total. The molecule has 6 nitrogen and oxygen atoms in total. The zero-order valence-corrected chi connectivity index (χ0v) is 15.2. The van der Waals surface area contributed by atoms with Crippen molar-refractivity contribution in [2.75, 3.05) is 19.4 Å². The molecule has 1 aliphatic rings. The average molecular weight is 364 g/mol. The maximum atomic E-state index is 12.6. The lowest BCUT2D eigenvalue weighted by Gasteiger charge is -2.30. The molecular formula is C18H24N2O4S. The molecule has 1 aromatic carbocycles. The summed E-state index contributed by atoms with van der Waals surface area (Å²) in [6.07, 6.45) is 3.26. The van der Waals surface area contributed by atoms with E-state index >= 15 is 0 Å². The Balaban J connectivity index is 2.03. The van der Waals surface area contributed by atoms with Gasteiger partial charge < -0.3 is 10.1 Å². The topological polar surface area (TPSA) is 96.3 Å². The number of rotatable bonds is 7. The normalized spacial score (nSPS) is 20.5. The van der Waals surface area contributed by atoms with Gasteiger partial charge in [0, 0.05) is 5.92 Å². The van der Waals surface area contributed by atoms with Crippen LogP contribution in [0.25, 0.3) is 0 Å². The number of amides is 1. The number of nitriles is 1. The van der Waals surface area contributed by atoms with Gasteiger partial charge in [0.05, 0.1) is 24.7 Å². The molecule has 0 aliphatic heterocycles. The van der Waals surface area contributed by atoms with E-state index in [4.69, 9.17) is 10.00 Å². The highest BCUT2D eigenvalue weighted by Crippen LogP contribution is 2.32. The van der Waals surface area contributed by atoms with Crippen molar-refractivity contribution in [3.63, 3.8) is 0 Å². The van der Waals surface area contributed by atoms with E-state index in [-0.39, 0.29) is 35.8 Å². The monoisotopic (exact) mass is 364 g/mol. The third-order valence-corrected chi connectivity index (χ3v) is 6.31. The van der Waals surface area contributed by atoms with Crippen LogP contribution in [0.5, 0.6) is 5.75 Å². The molecule has 7 heteroatoms. The van der Waals surface area contributed by atoms with Crippen molar-refractivity contribution >= 4 is 15.7 Å². The van der Waals surface area contributed by atoms with Crippen molar-refractivity contribution in [3.8, 4) is 11.8 Å². The minimum atomic E-state index is -3.33. The molecule has 1 fully saturated rings. The van der Waals surface area contributed by atoms with Crippen LogP contribution in [0.3, 0.4) is 0 Å². The second-order valence-electron chi connectivity index (χ2n) is 6.43. The molecule has 1 aliphatic carbocycles. The van der Waals surface area contributed by atoms with Crippen molar-refractivity contribution in [1.82, 2.24) is 5.32 Å². The van der Waals surface area contributed by atoms with Crippen LogP contribution in [0.4, 0.5) is 0 Å². The van der Waals surface area contributed by atoms with Crippen molar-refractivity contribution < 1.29 is 17.9 Å². The molecule has 1 amide bonds. The number of hydrogen-bond acceptors (Lipinski definition) is 5. The van der Waals surface area contributed by atoms with Crippen LogP contribution in [0.2, 0.25) is 0 Å². The van der Waals surface area contributed by atoms with Gasteiger partial charge in [-0.25, -0.2) is 8.42 Å². The Morgan fingerprint density at radius 2 is 1.96 bits per heavy atom. The molecule has 1 aromatic rings. The Labute approximate surface area is 149 Å². The molecule has 2 rings (SSSR count). The SMILES string of the molecule is COc1ccc(CS(=O)(=O)C[C@@H]2CCCC[C@H]2C(=O)NCC#N)cc1. The van der Waals surface area contributed by atoms with E-state index in [0.29, 0.717) is 17.7 Å². The van der Waals surface area contributed by atoms with Gasteiger partial charge in [0.2, 0.25) is 5.91 Å². The summed E-state index contributed by atoms with van der Waals surface area (Å²) in [6.45, 7) is -0.0410. The lowest BCUT2D eigenvalue weighted by atomic mass is 9.80. The van der Waals surface area contributed by atoms with E-state index < -0.39 is 9.84 Å². The Morgan fingerprint density at radius 1 is 1.28 bits per heavy atom. The van der Waals surface area contributed by atoms with E-state index in [2.05, 4.69) is 5.32 Å². The first-order chi connectivity index (χ1) is 11.9. The van der Waals surface area contributed by atoms with E-state index in [1.54, 1.807) is 31.4 Å². The van der Waals surface area contributed by atoms with Gasteiger partial charge in [-0.2, -0.15) is 5.26 Å². The standard InChI is InChI=1S/C18H24N2O4S/c1-24-16-8-6-14(7-9-16)12-25(22,23)13-15-4-2-3-5-17(15)18(21)20-11-10-19/h6-9,15,17H,2-5,11-13H2,1H3,(H,20,21)/t15-,17+/m0/s1. The summed E-state index contributed by atoms with van der Waals surface area (Å²) < 4.78 is 30.3. The van der Waals surface area contributed by atoms with Crippen LogP contribution in [-0.4, -0.2) is 33.7 Å². The molecule has 0 saturated heterocycles. The third-order valence-electron chi connectivity index (χ3n) is 4.60. The van der Waals surface area contributed by atoms with Crippen LogP contribution in [-0.2, 0) is 20.4 Å². The van der Waals surface area contributed by atoms with Gasteiger partial charge in [-0.05, 0) is 36.5 Å². The highest BCUT2D eigenvalue weighted by molar-refractivity contribution is 7.90. The average Bonchev–Trinajstić information content (AvgIpc) is 2.60. The molecule has 0 unspecified atom stereocenters. The Morgan fingerprint density at radius 3 is 2.60 bits per heavy atom. The van der Waals surface area contributed by atoms with Crippen LogP contribution in [0.15, 0.2) is 24.3 Å². The van der Waals surface area contributed by atoms with Crippen LogP contribution in [0, 0.1) is 23.2 Å². The summed E-state index contributed by atoms with van der Waals surface area (Å²) in [7, 11) is -1.76. The first kappa shape index (κ1) is 19.3. The summed E-state index contributed by atoms with van der Waals surface area (Å²) in [5.74, 6) is -0.0686. The molecule has 0 radical (unpaired) electrons. The molecular weight excluding hydrogens is 340 g/mol. The lowest BCUT2D eigenvalue weighted by molar-refractivity contribution is -0.127. The number of nitrogens with zero attached hydrogens (tertiary/aromatic N) is 1. The Kier molecular flexibility index (Phi) is 6.82. The number of nitrogens with one attached hydrogen (secondary N) is 1. The fourth-order valence-corrected chi connectivity index (χ4v) is 5.24. The largest absolute Gasteiger partial charge is 0.497 e. The number of carbonyl (C=O) groups excluding carboxylic acids is 1. The zero-order chi connectivity index (χ0) is 18.3. The predicted molar refractivity (Wildman–Crippen MR) is 94.6 cm³/mol. The number of benzene rings is 1. The number of hydrogen-bond donors (Lipinski definition) is 1. The molecule has 136 valence electrons. The van der Waals surface area contributed by atoms with Gasteiger partial charge in [-0.3, -0.25) is 4.79 Å². The molecule has 1 saturated carbocycles. The highest BCUT2D eigenvalue weighted by Gasteiger charge is 2.33. The van der Waals surface area contributed by atoms with Crippen LogP contribution in [0.1, 0.15) is 31.2 Å². The highest BCUT2D eigenvalue weighted by atomic mass is 32.2. The molecule has 0 aromatic heterocycles. The third kappa shape index (κ3) is 5.75. The van der Waals surface area contributed by atoms with Gasteiger partial charge in [-0.15, -0.1) is 0 Å². The first-order valence-electron chi connectivity index (χ1n) is 8.43. The van der Waals surface area contributed by atoms with Gasteiger partial charge >= 0.3 is 0 Å². The number of sulfone groups is 1. The summed E-state index contributed by atoms with van der Waals surface area (Å²) in [5.41, 5.74) is 0.710. The van der Waals surface area contributed by atoms with Crippen molar-refractivity contribution in [3.05, 3.63) is 29.8 Å². The van der Waals surface area contributed by atoms with Crippen LogP contribution >= 0.6 is 0 Å². The molecule has 2 atom stereocenters. The number of carbonyl (C=O) groups is 1. The van der Waals surface area contributed by atoms with E-state index in [0.717, 1.165) is 19.3 Å². The first-order valence-corrected chi connectivity index (χ1v) is 10.3. The van der Waals surface area contributed by atoms with Crippen molar-refractivity contribution in [2.45, 2.75) is 31.4 Å². The maximum absolute atomic E-state index is 12.6. The van der Waals surface area contributed by atoms with Gasteiger partial charge in [0.25, 0.3) is 0 Å². The second-order valence-corrected chi connectivity index (χ2v) is 8.54. The minimum Gasteiger partial charge on any atom is -0.497 e. The van der Waals surface area contributed by atoms with Gasteiger partial charge in [-0.1, -0.05) is 25.0 Å². The smallest absolute Gasteiger partial charge is 0.224 e.